The molecule has 0 radical (unpaired) electrons. The first-order valence-corrected chi connectivity index (χ1v) is 5.88. The Balaban J connectivity index is 2.14. The fourth-order valence-corrected chi connectivity index (χ4v) is 2.08. The lowest BCUT2D eigenvalue weighted by Gasteiger charge is -2.01. The van der Waals surface area contributed by atoms with Crippen LogP contribution in [0.5, 0.6) is 0 Å². The van der Waals surface area contributed by atoms with Crippen molar-refractivity contribution in [2.24, 2.45) is 11.3 Å². The fourth-order valence-electron chi connectivity index (χ4n) is 1.67. The quantitative estimate of drug-likeness (QED) is 0.686. The van der Waals surface area contributed by atoms with Crippen molar-refractivity contribution >= 4 is 28.2 Å². The molecule has 2 heteroatoms. The topological polar surface area (TPSA) is 0 Å². The predicted octanol–water partition coefficient (Wildman–Crippen LogP) is 4.97. The molecule has 0 aromatic heterocycles. The Bertz CT molecular complexity index is 388. The molecule has 0 N–H and O–H groups in total. The van der Waals surface area contributed by atoms with Gasteiger partial charge in [0.25, 0.3) is 0 Å². The van der Waals surface area contributed by atoms with E-state index in [4.69, 9.17) is 23.2 Å². The van der Waals surface area contributed by atoms with Gasteiger partial charge in [-0.3, -0.25) is 0 Å². The summed E-state index contributed by atoms with van der Waals surface area (Å²) in [4.78, 5) is 0. The lowest BCUT2D eigenvalue weighted by Crippen LogP contribution is -1.87. The van der Waals surface area contributed by atoms with Crippen LogP contribution in [0.1, 0.15) is 25.8 Å². The zero-order valence-corrected chi connectivity index (χ0v) is 10.4. The summed E-state index contributed by atoms with van der Waals surface area (Å²) in [7, 11) is 0. The number of halogens is 2. The first-order valence-electron chi connectivity index (χ1n) is 5.12. The summed E-state index contributed by atoms with van der Waals surface area (Å²) in [5.74, 6) is 0.626. The molecule has 1 fully saturated rings. The summed E-state index contributed by atoms with van der Waals surface area (Å²) in [5, 5.41) is 1.58. The third-order valence-electron chi connectivity index (χ3n) is 3.06. The maximum absolute atomic E-state index is 6.24. The van der Waals surface area contributed by atoms with Crippen molar-refractivity contribution in [3.8, 4) is 0 Å². The molecule has 0 nitrogen and oxygen atoms in total. The minimum Gasteiger partial charge on any atom is -0.0843 e. The zero-order valence-electron chi connectivity index (χ0n) is 8.93. The standard InChI is InChI=1S/C13H14Cl2/c1-13(2)8-10(13)7-12(15)9-3-5-11(14)6-4-9/h3-7,10H,8H2,1-2H3. The molecular weight excluding hydrogens is 227 g/mol. The molecule has 1 unspecified atom stereocenters. The first-order chi connectivity index (χ1) is 6.99. The van der Waals surface area contributed by atoms with E-state index in [1.807, 2.05) is 24.3 Å². The van der Waals surface area contributed by atoms with E-state index in [0.717, 1.165) is 15.6 Å². The van der Waals surface area contributed by atoms with E-state index in [2.05, 4.69) is 19.9 Å². The predicted molar refractivity (Wildman–Crippen MR) is 67.2 cm³/mol. The average molecular weight is 241 g/mol. The molecule has 1 aromatic rings. The number of hydrogen-bond acceptors (Lipinski definition) is 0. The molecule has 0 bridgehead atoms. The number of hydrogen-bond donors (Lipinski definition) is 0. The second-order valence-corrected chi connectivity index (χ2v) is 5.66. The summed E-state index contributed by atoms with van der Waals surface area (Å²) in [6, 6.07) is 7.64. The maximum atomic E-state index is 6.24. The van der Waals surface area contributed by atoms with Gasteiger partial charge in [0.15, 0.2) is 0 Å². The molecular formula is C13H14Cl2. The van der Waals surface area contributed by atoms with Gasteiger partial charge in [-0.05, 0) is 35.4 Å². The van der Waals surface area contributed by atoms with Gasteiger partial charge >= 0.3 is 0 Å². The van der Waals surface area contributed by atoms with Crippen molar-refractivity contribution in [2.45, 2.75) is 20.3 Å². The van der Waals surface area contributed by atoms with Crippen molar-refractivity contribution in [3.63, 3.8) is 0 Å². The van der Waals surface area contributed by atoms with Gasteiger partial charge in [-0.25, -0.2) is 0 Å². The lowest BCUT2D eigenvalue weighted by molar-refractivity contribution is 0.611. The summed E-state index contributed by atoms with van der Waals surface area (Å²) in [6.45, 7) is 4.53. The summed E-state index contributed by atoms with van der Waals surface area (Å²) >= 11 is 12.1. The molecule has 0 amide bonds. The van der Waals surface area contributed by atoms with E-state index in [1.165, 1.54) is 6.42 Å². The average Bonchev–Trinajstić information content (AvgIpc) is 2.74. The van der Waals surface area contributed by atoms with Gasteiger partial charge in [0.05, 0.1) is 0 Å². The molecule has 0 aliphatic heterocycles. The van der Waals surface area contributed by atoms with E-state index in [1.54, 1.807) is 0 Å². The minimum atomic E-state index is 0.437. The molecule has 0 spiro atoms. The second-order valence-electron chi connectivity index (χ2n) is 4.82. The minimum absolute atomic E-state index is 0.437. The third kappa shape index (κ3) is 2.56. The smallest absolute Gasteiger partial charge is 0.0441 e. The molecule has 2 rings (SSSR count). The van der Waals surface area contributed by atoms with Crippen LogP contribution in [0, 0.1) is 11.3 Å². The molecule has 1 aromatic carbocycles. The number of allylic oxidation sites excluding steroid dienone is 1. The van der Waals surface area contributed by atoms with Crippen LogP contribution in [-0.2, 0) is 0 Å². The number of benzene rings is 1. The summed E-state index contributed by atoms with van der Waals surface area (Å²) < 4.78 is 0. The Hall–Kier alpha value is -0.460. The molecule has 0 heterocycles. The molecule has 1 saturated carbocycles. The third-order valence-corrected chi connectivity index (χ3v) is 3.65. The molecule has 15 heavy (non-hydrogen) atoms. The Morgan fingerprint density at radius 3 is 2.33 bits per heavy atom. The van der Waals surface area contributed by atoms with Crippen molar-refractivity contribution in [2.75, 3.05) is 0 Å². The molecule has 0 saturated heterocycles. The van der Waals surface area contributed by atoms with Crippen LogP contribution in [0.4, 0.5) is 0 Å². The van der Waals surface area contributed by atoms with E-state index in [9.17, 15) is 0 Å². The van der Waals surface area contributed by atoms with Crippen molar-refractivity contribution < 1.29 is 0 Å². The van der Waals surface area contributed by atoms with Gasteiger partial charge < -0.3 is 0 Å². The van der Waals surface area contributed by atoms with E-state index in [0.29, 0.717) is 11.3 Å². The van der Waals surface area contributed by atoms with E-state index < -0.39 is 0 Å². The van der Waals surface area contributed by atoms with Crippen LogP contribution >= 0.6 is 23.2 Å². The zero-order chi connectivity index (χ0) is 11.1. The highest BCUT2D eigenvalue weighted by molar-refractivity contribution is 6.48. The summed E-state index contributed by atoms with van der Waals surface area (Å²) in [5.41, 5.74) is 1.48. The number of rotatable bonds is 2. The fraction of sp³-hybridized carbons (Fsp3) is 0.385. The molecule has 1 aliphatic carbocycles. The van der Waals surface area contributed by atoms with Crippen LogP contribution in [-0.4, -0.2) is 0 Å². The van der Waals surface area contributed by atoms with Crippen molar-refractivity contribution in [3.05, 3.63) is 40.9 Å². The Kier molecular flexibility index (Phi) is 2.83. The van der Waals surface area contributed by atoms with Crippen LogP contribution in [0.25, 0.3) is 5.03 Å². The van der Waals surface area contributed by atoms with E-state index >= 15 is 0 Å². The monoisotopic (exact) mass is 240 g/mol. The van der Waals surface area contributed by atoms with Crippen LogP contribution in [0.2, 0.25) is 5.02 Å². The molecule has 1 atom stereocenters. The maximum Gasteiger partial charge on any atom is 0.0441 e. The van der Waals surface area contributed by atoms with Gasteiger partial charge in [-0.15, -0.1) is 0 Å². The van der Waals surface area contributed by atoms with Gasteiger partial charge in [0.1, 0.15) is 0 Å². The normalized spacial score (nSPS) is 24.0. The van der Waals surface area contributed by atoms with E-state index in [-0.39, 0.29) is 0 Å². The van der Waals surface area contributed by atoms with Crippen molar-refractivity contribution in [1.29, 1.82) is 0 Å². The highest BCUT2D eigenvalue weighted by atomic mass is 35.5. The lowest BCUT2D eigenvalue weighted by atomic mass is 10.1. The highest BCUT2D eigenvalue weighted by Gasteiger charge is 2.43. The van der Waals surface area contributed by atoms with Gasteiger partial charge in [-0.2, -0.15) is 0 Å². The van der Waals surface area contributed by atoms with Gasteiger partial charge in [0.2, 0.25) is 0 Å². The van der Waals surface area contributed by atoms with Crippen LogP contribution in [0.3, 0.4) is 0 Å². The Labute approximate surface area is 101 Å². The van der Waals surface area contributed by atoms with Crippen molar-refractivity contribution in [1.82, 2.24) is 0 Å². The summed E-state index contributed by atoms with van der Waals surface area (Å²) in [6.07, 6.45) is 3.39. The highest BCUT2D eigenvalue weighted by Crippen LogP contribution is 2.53. The Morgan fingerprint density at radius 1 is 1.33 bits per heavy atom. The Morgan fingerprint density at radius 2 is 1.87 bits per heavy atom. The van der Waals surface area contributed by atoms with Gasteiger partial charge in [0, 0.05) is 10.1 Å². The SMILES string of the molecule is CC1(C)CC1C=C(Cl)c1ccc(Cl)cc1. The van der Waals surface area contributed by atoms with Gasteiger partial charge in [-0.1, -0.05) is 55.3 Å². The first kappa shape index (κ1) is 11.0. The molecule has 80 valence electrons. The van der Waals surface area contributed by atoms with Crippen LogP contribution < -0.4 is 0 Å². The second kappa shape index (κ2) is 3.84. The largest absolute Gasteiger partial charge is 0.0843 e. The van der Waals surface area contributed by atoms with Crippen LogP contribution in [0.15, 0.2) is 30.3 Å². The molecule has 1 aliphatic rings.